The van der Waals surface area contributed by atoms with Gasteiger partial charge in [-0.3, -0.25) is 4.79 Å². The van der Waals surface area contributed by atoms with E-state index in [-0.39, 0.29) is 35.8 Å². The summed E-state index contributed by atoms with van der Waals surface area (Å²) in [5.41, 5.74) is 0.883. The molecule has 0 heterocycles. The van der Waals surface area contributed by atoms with Crippen molar-refractivity contribution in [1.29, 1.82) is 0 Å². The summed E-state index contributed by atoms with van der Waals surface area (Å²) in [4.78, 5) is 23.8. The Kier molecular flexibility index (Phi) is 8.64. The van der Waals surface area contributed by atoms with Crippen LogP contribution in [0.25, 0.3) is 0 Å². The number of hydrogen-bond donors (Lipinski definition) is 2. The van der Waals surface area contributed by atoms with E-state index in [1.165, 1.54) is 12.1 Å². The second kappa shape index (κ2) is 10.4. The maximum Gasteiger partial charge on any atom is 0.330 e. The highest BCUT2D eigenvalue weighted by Gasteiger charge is 2.23. The van der Waals surface area contributed by atoms with Gasteiger partial charge in [0, 0.05) is 0 Å². The molecular weight excluding hydrogens is 522 g/mol. The topological polar surface area (TPSA) is 102 Å². The van der Waals surface area contributed by atoms with Crippen LogP contribution < -0.4 is 14.8 Å². The van der Waals surface area contributed by atoms with Gasteiger partial charge in [0.25, 0.3) is 0 Å². The normalized spacial score (nSPS) is 11.3. The molecule has 2 aromatic carbocycles. The summed E-state index contributed by atoms with van der Waals surface area (Å²) in [7, 11) is -3.89. The summed E-state index contributed by atoms with van der Waals surface area (Å²) in [6.45, 7) is 0.613. The van der Waals surface area contributed by atoms with Gasteiger partial charge in [0.05, 0.1) is 26.5 Å². The van der Waals surface area contributed by atoms with Crippen molar-refractivity contribution < 1.29 is 22.7 Å². The van der Waals surface area contributed by atoms with Crippen molar-refractivity contribution in [3.63, 3.8) is 0 Å². The van der Waals surface area contributed by atoms with E-state index in [1.807, 2.05) is 6.92 Å². The first-order chi connectivity index (χ1) is 13.9. The molecule has 0 aliphatic heterocycles. The molecule has 2 N–H and O–H groups in total. The first-order valence-electron chi connectivity index (χ1n) is 7.99. The number of rotatable bonds is 7. The van der Waals surface area contributed by atoms with Crippen LogP contribution in [0.5, 0.6) is 5.75 Å². The number of nitrogens with one attached hydrogen (secondary N) is 2. The van der Waals surface area contributed by atoms with Gasteiger partial charge in [-0.2, -0.15) is 0 Å². The standard InChI is InChI=1S/C17H13Cl5N2O5S/c1-8-2-4-9(5-3-8)30(27,28)24-6-10(25)23-7-11(26)29-17-15(21)13(19)12(18)14(20)16(17)22/h2-5,24H,6-7H2,1H3,(H,23,25). The van der Waals surface area contributed by atoms with E-state index in [4.69, 9.17) is 62.7 Å². The van der Waals surface area contributed by atoms with Crippen molar-refractivity contribution in [2.24, 2.45) is 0 Å². The third-order valence-electron chi connectivity index (χ3n) is 3.57. The van der Waals surface area contributed by atoms with Crippen molar-refractivity contribution in [1.82, 2.24) is 10.0 Å². The number of benzene rings is 2. The second-order valence-corrected chi connectivity index (χ2v) is 9.44. The Morgan fingerprint density at radius 1 is 0.867 bits per heavy atom. The van der Waals surface area contributed by atoms with Crippen LogP contribution in [0.4, 0.5) is 0 Å². The SMILES string of the molecule is Cc1ccc(S(=O)(=O)NCC(=O)NCC(=O)Oc2c(Cl)c(Cl)c(Cl)c(Cl)c2Cl)cc1. The molecule has 0 aliphatic rings. The van der Waals surface area contributed by atoms with Gasteiger partial charge in [-0.1, -0.05) is 75.7 Å². The Labute approximate surface area is 197 Å². The van der Waals surface area contributed by atoms with Crippen LogP contribution in [0.1, 0.15) is 5.56 Å². The van der Waals surface area contributed by atoms with Crippen molar-refractivity contribution in [3.05, 3.63) is 54.9 Å². The zero-order chi connectivity index (χ0) is 22.6. The van der Waals surface area contributed by atoms with Gasteiger partial charge in [0.15, 0.2) is 5.75 Å². The van der Waals surface area contributed by atoms with Gasteiger partial charge < -0.3 is 10.1 Å². The Hall–Kier alpha value is -1.26. The molecule has 13 heteroatoms. The fourth-order valence-electron chi connectivity index (χ4n) is 2.02. The van der Waals surface area contributed by atoms with Crippen LogP contribution in [-0.4, -0.2) is 33.4 Å². The average molecular weight is 535 g/mol. The van der Waals surface area contributed by atoms with Crippen molar-refractivity contribution in [3.8, 4) is 5.75 Å². The van der Waals surface area contributed by atoms with Gasteiger partial charge in [-0.15, -0.1) is 0 Å². The molecule has 0 saturated carbocycles. The first kappa shape index (κ1) is 25.0. The van der Waals surface area contributed by atoms with Crippen molar-refractivity contribution in [2.45, 2.75) is 11.8 Å². The molecule has 0 aliphatic carbocycles. The van der Waals surface area contributed by atoms with Crippen LogP contribution in [0.3, 0.4) is 0 Å². The summed E-state index contributed by atoms with van der Waals surface area (Å²) in [6, 6.07) is 6.05. The van der Waals surface area contributed by atoms with E-state index in [2.05, 4.69) is 10.0 Å². The zero-order valence-electron chi connectivity index (χ0n) is 15.1. The Bertz CT molecular complexity index is 1060. The van der Waals surface area contributed by atoms with Gasteiger partial charge in [0.1, 0.15) is 16.6 Å². The van der Waals surface area contributed by atoms with Gasteiger partial charge in [-0.25, -0.2) is 17.9 Å². The number of halogens is 5. The molecular formula is C17H13Cl5N2O5S. The molecule has 30 heavy (non-hydrogen) atoms. The van der Waals surface area contributed by atoms with Gasteiger partial charge >= 0.3 is 5.97 Å². The smallest absolute Gasteiger partial charge is 0.330 e. The fourth-order valence-corrected chi connectivity index (χ4v) is 4.20. The van der Waals surface area contributed by atoms with Crippen molar-refractivity contribution >= 4 is 79.9 Å². The Morgan fingerprint density at radius 2 is 1.37 bits per heavy atom. The predicted molar refractivity (Wildman–Crippen MR) is 117 cm³/mol. The van der Waals surface area contributed by atoms with Gasteiger partial charge in [0.2, 0.25) is 15.9 Å². The largest absolute Gasteiger partial charge is 0.422 e. The van der Waals surface area contributed by atoms with E-state index in [1.54, 1.807) is 12.1 Å². The van der Waals surface area contributed by atoms with Crippen LogP contribution in [0.15, 0.2) is 29.2 Å². The lowest BCUT2D eigenvalue weighted by Gasteiger charge is -2.13. The monoisotopic (exact) mass is 532 g/mol. The molecule has 0 unspecified atom stereocenters. The van der Waals surface area contributed by atoms with E-state index in [0.717, 1.165) is 5.56 Å². The second-order valence-electron chi connectivity index (χ2n) is 5.79. The molecule has 0 spiro atoms. The zero-order valence-corrected chi connectivity index (χ0v) is 19.7. The average Bonchev–Trinajstić information content (AvgIpc) is 2.71. The van der Waals surface area contributed by atoms with E-state index >= 15 is 0 Å². The minimum absolute atomic E-state index is 0.00101. The quantitative estimate of drug-likeness (QED) is 0.239. The Balaban J connectivity index is 1.93. The van der Waals surface area contributed by atoms with Crippen LogP contribution >= 0.6 is 58.0 Å². The maximum atomic E-state index is 12.1. The van der Waals surface area contributed by atoms with Crippen LogP contribution in [0, 0.1) is 6.92 Å². The third kappa shape index (κ3) is 6.13. The summed E-state index contributed by atoms with van der Waals surface area (Å²) in [5.74, 6) is -2.05. The summed E-state index contributed by atoms with van der Waals surface area (Å²) < 4.78 is 31.4. The molecule has 0 saturated heterocycles. The molecule has 0 aromatic heterocycles. The summed E-state index contributed by atoms with van der Waals surface area (Å²) >= 11 is 29.5. The van der Waals surface area contributed by atoms with E-state index in [9.17, 15) is 18.0 Å². The number of hydrogen-bond acceptors (Lipinski definition) is 5. The summed E-state index contributed by atoms with van der Waals surface area (Å²) in [6.07, 6.45) is 0. The highest BCUT2D eigenvalue weighted by Crippen LogP contribution is 2.48. The number of ether oxygens (including phenoxy) is 1. The molecule has 0 fully saturated rings. The lowest BCUT2D eigenvalue weighted by Crippen LogP contribution is -2.39. The number of esters is 1. The minimum atomic E-state index is -3.89. The first-order valence-corrected chi connectivity index (χ1v) is 11.4. The molecule has 7 nitrogen and oxygen atoms in total. The summed E-state index contributed by atoms with van der Waals surface area (Å²) in [5, 5.41) is 1.29. The molecule has 0 radical (unpaired) electrons. The molecule has 2 rings (SSSR count). The van der Waals surface area contributed by atoms with Gasteiger partial charge in [-0.05, 0) is 19.1 Å². The highest BCUT2D eigenvalue weighted by atomic mass is 35.5. The lowest BCUT2D eigenvalue weighted by molar-refractivity contribution is -0.135. The third-order valence-corrected chi connectivity index (χ3v) is 7.23. The number of aryl methyl sites for hydroxylation is 1. The molecule has 162 valence electrons. The van der Waals surface area contributed by atoms with Crippen LogP contribution in [-0.2, 0) is 19.6 Å². The minimum Gasteiger partial charge on any atom is -0.422 e. The fraction of sp³-hybridized carbons (Fsp3) is 0.176. The molecule has 0 atom stereocenters. The molecule has 0 bridgehead atoms. The lowest BCUT2D eigenvalue weighted by atomic mass is 10.2. The Morgan fingerprint density at radius 3 is 1.90 bits per heavy atom. The number of carbonyl (C=O) groups is 2. The van der Waals surface area contributed by atoms with E-state index in [0.29, 0.717) is 0 Å². The highest BCUT2D eigenvalue weighted by molar-refractivity contribution is 7.89. The predicted octanol–water partition coefficient (Wildman–Crippen LogP) is 4.26. The van der Waals surface area contributed by atoms with Crippen LogP contribution in [0.2, 0.25) is 25.1 Å². The van der Waals surface area contributed by atoms with Crippen molar-refractivity contribution in [2.75, 3.05) is 13.1 Å². The number of carbonyl (C=O) groups excluding carboxylic acids is 2. The van der Waals surface area contributed by atoms with E-state index < -0.39 is 35.0 Å². The number of sulfonamides is 1. The molecule has 1 amide bonds. The maximum absolute atomic E-state index is 12.1. The molecule has 2 aromatic rings. The number of amides is 1.